The van der Waals surface area contributed by atoms with Crippen molar-refractivity contribution in [1.29, 1.82) is 0 Å². The predicted octanol–water partition coefficient (Wildman–Crippen LogP) is 2.36. The molecule has 0 atom stereocenters. The average molecular weight is 270 g/mol. The molecule has 1 aromatic carbocycles. The third-order valence-electron chi connectivity index (χ3n) is 3.47. The molecule has 0 N–H and O–H groups in total. The maximum absolute atomic E-state index is 12.3. The highest BCUT2D eigenvalue weighted by Crippen LogP contribution is 2.16. The van der Waals surface area contributed by atoms with Gasteiger partial charge in [0.1, 0.15) is 0 Å². The van der Waals surface area contributed by atoms with E-state index in [4.69, 9.17) is 0 Å². The summed E-state index contributed by atoms with van der Waals surface area (Å²) in [6, 6.07) is 5.32. The standard InChI is InChI=1S/C16H18N2O2/c1-10-5-12(3)14(6-11(10)2)15(19)8-18-9-17-13(4)7-16(18)20/h5-7,9H,8H2,1-4H3. The molecular weight excluding hydrogens is 252 g/mol. The second-order valence-electron chi connectivity index (χ2n) is 5.17. The number of Topliss-reactive ketones (excluding diaryl/α,β-unsaturated/α-hetero) is 1. The summed E-state index contributed by atoms with van der Waals surface area (Å²) in [5, 5.41) is 0. The Morgan fingerprint density at radius 3 is 2.35 bits per heavy atom. The fourth-order valence-corrected chi connectivity index (χ4v) is 2.14. The van der Waals surface area contributed by atoms with Crippen molar-refractivity contribution >= 4 is 5.78 Å². The summed E-state index contributed by atoms with van der Waals surface area (Å²) in [5.74, 6) is -0.0710. The highest BCUT2D eigenvalue weighted by molar-refractivity contribution is 5.97. The number of hydrogen-bond donors (Lipinski definition) is 0. The van der Waals surface area contributed by atoms with Crippen LogP contribution in [0.4, 0.5) is 0 Å². The number of aromatic nitrogens is 2. The molecule has 1 heterocycles. The molecule has 20 heavy (non-hydrogen) atoms. The van der Waals surface area contributed by atoms with Crippen molar-refractivity contribution < 1.29 is 4.79 Å². The van der Waals surface area contributed by atoms with Crippen molar-refractivity contribution in [3.8, 4) is 0 Å². The molecule has 0 spiro atoms. The summed E-state index contributed by atoms with van der Waals surface area (Å²) < 4.78 is 1.34. The van der Waals surface area contributed by atoms with Crippen molar-refractivity contribution in [3.05, 3.63) is 62.8 Å². The molecule has 2 aromatic rings. The number of hydrogen-bond acceptors (Lipinski definition) is 3. The molecule has 0 saturated carbocycles. The number of aryl methyl sites for hydroxylation is 4. The van der Waals surface area contributed by atoms with Gasteiger partial charge in [0.25, 0.3) is 5.56 Å². The Kier molecular flexibility index (Phi) is 3.84. The van der Waals surface area contributed by atoms with Crippen LogP contribution in [0.15, 0.2) is 29.3 Å². The summed E-state index contributed by atoms with van der Waals surface area (Å²) >= 11 is 0. The molecule has 104 valence electrons. The summed E-state index contributed by atoms with van der Waals surface area (Å²) in [4.78, 5) is 28.2. The smallest absolute Gasteiger partial charge is 0.253 e. The van der Waals surface area contributed by atoms with Gasteiger partial charge < -0.3 is 0 Å². The van der Waals surface area contributed by atoms with Crippen LogP contribution < -0.4 is 5.56 Å². The van der Waals surface area contributed by atoms with Crippen LogP contribution in [0.5, 0.6) is 0 Å². The number of benzene rings is 1. The van der Waals surface area contributed by atoms with Gasteiger partial charge in [-0.1, -0.05) is 6.07 Å². The van der Waals surface area contributed by atoms with Crippen LogP contribution in [-0.4, -0.2) is 15.3 Å². The molecule has 0 aliphatic rings. The summed E-state index contributed by atoms with van der Waals surface area (Å²) in [5.41, 5.74) is 4.29. The van der Waals surface area contributed by atoms with Crippen molar-refractivity contribution in [1.82, 2.24) is 9.55 Å². The topological polar surface area (TPSA) is 52.0 Å². The molecule has 4 nitrogen and oxygen atoms in total. The van der Waals surface area contributed by atoms with Gasteiger partial charge >= 0.3 is 0 Å². The van der Waals surface area contributed by atoms with E-state index in [1.54, 1.807) is 6.92 Å². The Bertz CT molecular complexity index is 730. The Morgan fingerprint density at radius 1 is 1.05 bits per heavy atom. The van der Waals surface area contributed by atoms with E-state index in [-0.39, 0.29) is 17.9 Å². The Balaban J connectivity index is 2.33. The summed E-state index contributed by atoms with van der Waals surface area (Å²) in [6.45, 7) is 7.68. The molecule has 0 radical (unpaired) electrons. The Labute approximate surface area is 118 Å². The third-order valence-corrected chi connectivity index (χ3v) is 3.47. The first-order chi connectivity index (χ1) is 9.38. The van der Waals surface area contributed by atoms with Crippen molar-refractivity contribution in [2.45, 2.75) is 34.2 Å². The van der Waals surface area contributed by atoms with Crippen LogP contribution in [0.25, 0.3) is 0 Å². The largest absolute Gasteiger partial charge is 0.292 e. The first-order valence-electron chi connectivity index (χ1n) is 6.52. The van der Waals surface area contributed by atoms with E-state index in [2.05, 4.69) is 4.98 Å². The van der Waals surface area contributed by atoms with E-state index >= 15 is 0 Å². The van der Waals surface area contributed by atoms with E-state index in [1.165, 1.54) is 17.0 Å². The lowest BCUT2D eigenvalue weighted by Gasteiger charge is -2.10. The molecule has 4 heteroatoms. The lowest BCUT2D eigenvalue weighted by atomic mass is 9.98. The van der Waals surface area contributed by atoms with Gasteiger partial charge in [-0.2, -0.15) is 0 Å². The third kappa shape index (κ3) is 2.85. The second-order valence-corrected chi connectivity index (χ2v) is 5.17. The molecular formula is C16H18N2O2. The number of ketones is 1. The lowest BCUT2D eigenvalue weighted by molar-refractivity contribution is 0.0969. The highest BCUT2D eigenvalue weighted by Gasteiger charge is 2.12. The van der Waals surface area contributed by atoms with Crippen LogP contribution in [0.2, 0.25) is 0 Å². The predicted molar refractivity (Wildman–Crippen MR) is 78.2 cm³/mol. The van der Waals surface area contributed by atoms with E-state index in [9.17, 15) is 9.59 Å². The maximum Gasteiger partial charge on any atom is 0.253 e. The quantitative estimate of drug-likeness (QED) is 0.804. The first-order valence-corrected chi connectivity index (χ1v) is 6.52. The minimum Gasteiger partial charge on any atom is -0.292 e. The number of nitrogens with zero attached hydrogens (tertiary/aromatic N) is 2. The highest BCUT2D eigenvalue weighted by atomic mass is 16.1. The van der Waals surface area contributed by atoms with Crippen molar-refractivity contribution in [2.75, 3.05) is 0 Å². The average Bonchev–Trinajstić information content (AvgIpc) is 2.37. The fraction of sp³-hybridized carbons (Fsp3) is 0.312. The summed E-state index contributed by atoms with van der Waals surface area (Å²) in [7, 11) is 0. The first kappa shape index (κ1) is 14.2. The van der Waals surface area contributed by atoms with Gasteiger partial charge in [-0.25, -0.2) is 4.98 Å². The van der Waals surface area contributed by atoms with Crippen LogP contribution in [0.3, 0.4) is 0 Å². The van der Waals surface area contributed by atoms with Crippen LogP contribution in [0.1, 0.15) is 32.7 Å². The molecule has 0 aliphatic heterocycles. The van der Waals surface area contributed by atoms with Crippen LogP contribution in [-0.2, 0) is 6.54 Å². The van der Waals surface area contributed by atoms with Crippen molar-refractivity contribution in [2.24, 2.45) is 0 Å². The van der Waals surface area contributed by atoms with E-state index in [0.717, 1.165) is 16.7 Å². The van der Waals surface area contributed by atoms with E-state index < -0.39 is 0 Å². The minimum absolute atomic E-state index is 0.0233. The number of carbonyl (C=O) groups excluding carboxylic acids is 1. The van der Waals surface area contributed by atoms with Gasteiger partial charge in [-0.15, -0.1) is 0 Å². The summed E-state index contributed by atoms with van der Waals surface area (Å²) in [6.07, 6.45) is 1.42. The molecule has 2 rings (SSSR count). The van der Waals surface area contributed by atoms with Gasteiger partial charge in [0.2, 0.25) is 0 Å². The van der Waals surface area contributed by atoms with E-state index in [0.29, 0.717) is 11.3 Å². The number of carbonyl (C=O) groups is 1. The second kappa shape index (κ2) is 5.41. The fourth-order valence-electron chi connectivity index (χ4n) is 2.14. The Hall–Kier alpha value is -2.23. The van der Waals surface area contributed by atoms with Gasteiger partial charge in [0.15, 0.2) is 5.78 Å². The monoisotopic (exact) mass is 270 g/mol. The van der Waals surface area contributed by atoms with Crippen molar-refractivity contribution in [3.63, 3.8) is 0 Å². The Morgan fingerprint density at radius 2 is 1.70 bits per heavy atom. The van der Waals surface area contributed by atoms with E-state index in [1.807, 2.05) is 32.9 Å². The van der Waals surface area contributed by atoms with Gasteiger partial charge in [-0.05, 0) is 50.5 Å². The van der Waals surface area contributed by atoms with Gasteiger partial charge in [-0.3, -0.25) is 14.2 Å². The molecule has 0 unspecified atom stereocenters. The zero-order valence-corrected chi connectivity index (χ0v) is 12.2. The molecule has 0 saturated heterocycles. The number of rotatable bonds is 3. The zero-order chi connectivity index (χ0) is 14.9. The molecule has 0 fully saturated rings. The lowest BCUT2D eigenvalue weighted by Crippen LogP contribution is -2.24. The van der Waals surface area contributed by atoms with Crippen LogP contribution >= 0.6 is 0 Å². The molecule has 0 bridgehead atoms. The SMILES string of the molecule is Cc1cc(=O)n(CC(=O)c2cc(C)c(C)cc2C)cn1. The van der Waals surface area contributed by atoms with Gasteiger partial charge in [0.05, 0.1) is 12.9 Å². The van der Waals surface area contributed by atoms with Crippen LogP contribution in [0, 0.1) is 27.7 Å². The molecule has 0 aliphatic carbocycles. The minimum atomic E-state index is -0.202. The van der Waals surface area contributed by atoms with Gasteiger partial charge in [0, 0.05) is 17.3 Å². The molecule has 1 aromatic heterocycles. The maximum atomic E-state index is 12.3. The normalized spacial score (nSPS) is 10.6. The molecule has 0 amide bonds. The zero-order valence-electron chi connectivity index (χ0n) is 12.2.